The highest BCUT2D eigenvalue weighted by molar-refractivity contribution is 6.35. The second-order valence-electron chi connectivity index (χ2n) is 4.07. The van der Waals surface area contributed by atoms with Crippen LogP contribution in [0.25, 0.3) is 0 Å². The van der Waals surface area contributed by atoms with Gasteiger partial charge >= 0.3 is 0 Å². The quantitative estimate of drug-likeness (QED) is 0.836. The standard InChI is InChI=1S/C12H12Cl2N2/c13-9-1-2-10(11(14)7-9)12(8-15)3-5-16-6-4-12/h1-2,7,16H,3-6H2. The Kier molecular flexibility index (Phi) is 3.39. The number of hydrogen-bond acceptors (Lipinski definition) is 2. The van der Waals surface area contributed by atoms with Crippen LogP contribution >= 0.6 is 23.2 Å². The molecule has 1 aromatic rings. The minimum atomic E-state index is -0.451. The smallest absolute Gasteiger partial charge is 0.0860 e. The summed E-state index contributed by atoms with van der Waals surface area (Å²) in [5.41, 5.74) is 0.454. The Morgan fingerprint density at radius 3 is 2.50 bits per heavy atom. The molecule has 2 rings (SSSR count). The molecule has 4 heteroatoms. The topological polar surface area (TPSA) is 35.8 Å². The summed E-state index contributed by atoms with van der Waals surface area (Å²) in [5.74, 6) is 0. The molecule has 0 bridgehead atoms. The van der Waals surface area contributed by atoms with E-state index >= 15 is 0 Å². The fourth-order valence-electron chi connectivity index (χ4n) is 2.17. The van der Waals surface area contributed by atoms with Crippen LogP contribution in [-0.4, -0.2) is 13.1 Å². The zero-order chi connectivity index (χ0) is 11.6. The Hall–Kier alpha value is -0.750. The lowest BCUT2D eigenvalue weighted by molar-refractivity contribution is 0.382. The molecule has 1 aromatic carbocycles. The highest BCUT2D eigenvalue weighted by Gasteiger charge is 2.35. The second kappa shape index (κ2) is 4.63. The average molecular weight is 255 g/mol. The monoisotopic (exact) mass is 254 g/mol. The first-order chi connectivity index (χ1) is 7.68. The molecule has 0 aliphatic carbocycles. The lowest BCUT2D eigenvalue weighted by atomic mass is 9.74. The van der Waals surface area contributed by atoms with Gasteiger partial charge in [-0.2, -0.15) is 5.26 Å². The first kappa shape index (κ1) is 11.7. The van der Waals surface area contributed by atoms with Crippen molar-refractivity contribution in [1.29, 1.82) is 5.26 Å². The fraction of sp³-hybridized carbons (Fsp3) is 0.417. The molecule has 0 aromatic heterocycles. The van der Waals surface area contributed by atoms with Gasteiger partial charge in [0.15, 0.2) is 0 Å². The number of benzene rings is 1. The van der Waals surface area contributed by atoms with E-state index in [0.717, 1.165) is 31.5 Å². The van der Waals surface area contributed by atoms with Crippen LogP contribution in [0.3, 0.4) is 0 Å². The number of rotatable bonds is 1. The molecule has 1 aliphatic heterocycles. The number of nitrogens with one attached hydrogen (secondary N) is 1. The first-order valence-corrected chi connectivity index (χ1v) is 6.01. The molecule has 0 unspecified atom stereocenters. The third kappa shape index (κ3) is 2.04. The normalized spacial score (nSPS) is 19.1. The Bertz CT molecular complexity index is 431. The van der Waals surface area contributed by atoms with Gasteiger partial charge in [-0.05, 0) is 43.6 Å². The molecule has 84 valence electrons. The van der Waals surface area contributed by atoms with Crippen molar-refractivity contribution in [3.8, 4) is 6.07 Å². The summed E-state index contributed by atoms with van der Waals surface area (Å²) in [7, 11) is 0. The number of hydrogen-bond donors (Lipinski definition) is 1. The number of nitrogens with zero attached hydrogens (tertiary/aromatic N) is 1. The Balaban J connectivity index is 2.44. The van der Waals surface area contributed by atoms with Crippen molar-refractivity contribution in [1.82, 2.24) is 5.32 Å². The summed E-state index contributed by atoms with van der Waals surface area (Å²) in [4.78, 5) is 0. The molecule has 1 saturated heterocycles. The molecule has 16 heavy (non-hydrogen) atoms. The molecule has 1 heterocycles. The lowest BCUT2D eigenvalue weighted by Crippen LogP contribution is -2.39. The van der Waals surface area contributed by atoms with Gasteiger partial charge in [-0.1, -0.05) is 29.3 Å². The molecule has 0 amide bonds. The van der Waals surface area contributed by atoms with E-state index in [0.29, 0.717) is 10.0 Å². The van der Waals surface area contributed by atoms with E-state index in [-0.39, 0.29) is 0 Å². The van der Waals surface area contributed by atoms with Crippen molar-refractivity contribution in [3.05, 3.63) is 33.8 Å². The predicted octanol–water partition coefficient (Wildman–Crippen LogP) is 3.14. The maximum Gasteiger partial charge on any atom is 0.0860 e. The van der Waals surface area contributed by atoms with E-state index < -0.39 is 5.41 Å². The molecule has 2 nitrogen and oxygen atoms in total. The van der Waals surface area contributed by atoms with Crippen LogP contribution in [0.2, 0.25) is 10.0 Å². The molecule has 0 radical (unpaired) electrons. The molecule has 0 saturated carbocycles. The third-order valence-electron chi connectivity index (χ3n) is 3.12. The van der Waals surface area contributed by atoms with Gasteiger partial charge in [0.2, 0.25) is 0 Å². The van der Waals surface area contributed by atoms with Crippen LogP contribution in [0.1, 0.15) is 18.4 Å². The van der Waals surface area contributed by atoms with E-state index in [2.05, 4.69) is 11.4 Å². The van der Waals surface area contributed by atoms with E-state index in [1.165, 1.54) is 0 Å². The van der Waals surface area contributed by atoms with Crippen LogP contribution < -0.4 is 5.32 Å². The van der Waals surface area contributed by atoms with Gasteiger partial charge in [0.1, 0.15) is 0 Å². The number of piperidine rings is 1. The van der Waals surface area contributed by atoms with Gasteiger partial charge in [0.05, 0.1) is 11.5 Å². The van der Waals surface area contributed by atoms with E-state index in [9.17, 15) is 5.26 Å². The SMILES string of the molecule is N#CC1(c2ccc(Cl)cc2Cl)CCNCC1. The van der Waals surface area contributed by atoms with Gasteiger partial charge in [-0.3, -0.25) is 0 Å². The number of nitriles is 1. The zero-order valence-electron chi connectivity index (χ0n) is 8.76. The van der Waals surface area contributed by atoms with Gasteiger partial charge in [-0.25, -0.2) is 0 Å². The summed E-state index contributed by atoms with van der Waals surface area (Å²) in [6.07, 6.45) is 1.59. The molecule has 1 N–H and O–H groups in total. The fourth-order valence-corrected chi connectivity index (χ4v) is 2.76. The first-order valence-electron chi connectivity index (χ1n) is 5.25. The van der Waals surface area contributed by atoms with Gasteiger partial charge in [0, 0.05) is 10.0 Å². The van der Waals surface area contributed by atoms with Crippen LogP contribution in [0, 0.1) is 11.3 Å². The van der Waals surface area contributed by atoms with Gasteiger partial charge in [-0.15, -0.1) is 0 Å². The van der Waals surface area contributed by atoms with Crippen LogP contribution in [0.5, 0.6) is 0 Å². The number of halogens is 2. The molecule has 1 aliphatic rings. The van der Waals surface area contributed by atoms with Crippen LogP contribution in [0.15, 0.2) is 18.2 Å². The van der Waals surface area contributed by atoms with E-state index in [1.807, 2.05) is 6.07 Å². The van der Waals surface area contributed by atoms with Crippen LogP contribution in [0.4, 0.5) is 0 Å². The maximum absolute atomic E-state index is 9.42. The zero-order valence-corrected chi connectivity index (χ0v) is 10.3. The summed E-state index contributed by atoms with van der Waals surface area (Å²) in [5, 5.41) is 13.9. The minimum Gasteiger partial charge on any atom is -0.317 e. The van der Waals surface area contributed by atoms with Crippen molar-refractivity contribution >= 4 is 23.2 Å². The average Bonchev–Trinajstić information content (AvgIpc) is 2.30. The van der Waals surface area contributed by atoms with E-state index in [4.69, 9.17) is 23.2 Å². The van der Waals surface area contributed by atoms with Crippen molar-refractivity contribution in [2.45, 2.75) is 18.3 Å². The lowest BCUT2D eigenvalue weighted by Gasteiger charge is -2.32. The second-order valence-corrected chi connectivity index (χ2v) is 4.91. The van der Waals surface area contributed by atoms with Crippen molar-refractivity contribution in [2.24, 2.45) is 0 Å². The Morgan fingerprint density at radius 1 is 1.25 bits per heavy atom. The van der Waals surface area contributed by atoms with Gasteiger partial charge < -0.3 is 5.32 Å². The Labute approximate surface area is 105 Å². The van der Waals surface area contributed by atoms with Crippen molar-refractivity contribution < 1.29 is 0 Å². The minimum absolute atomic E-state index is 0.451. The van der Waals surface area contributed by atoms with Crippen molar-refractivity contribution in [3.63, 3.8) is 0 Å². The van der Waals surface area contributed by atoms with E-state index in [1.54, 1.807) is 12.1 Å². The molecule has 0 atom stereocenters. The largest absolute Gasteiger partial charge is 0.317 e. The summed E-state index contributed by atoms with van der Waals surface area (Å²) < 4.78 is 0. The highest BCUT2D eigenvalue weighted by Crippen LogP contribution is 2.37. The van der Waals surface area contributed by atoms with Gasteiger partial charge in [0.25, 0.3) is 0 Å². The predicted molar refractivity (Wildman–Crippen MR) is 65.9 cm³/mol. The summed E-state index contributed by atoms with van der Waals surface area (Å²) >= 11 is 12.0. The molecular formula is C12H12Cl2N2. The van der Waals surface area contributed by atoms with Crippen LogP contribution in [-0.2, 0) is 5.41 Å². The van der Waals surface area contributed by atoms with Crippen molar-refractivity contribution in [2.75, 3.05) is 13.1 Å². The highest BCUT2D eigenvalue weighted by atomic mass is 35.5. The molecular weight excluding hydrogens is 243 g/mol. The molecule has 1 fully saturated rings. The maximum atomic E-state index is 9.42. The Morgan fingerprint density at radius 2 is 1.94 bits per heavy atom. The summed E-state index contributed by atoms with van der Waals surface area (Å²) in [6.45, 7) is 1.71. The molecule has 0 spiro atoms. The third-order valence-corrected chi connectivity index (χ3v) is 3.67. The summed E-state index contributed by atoms with van der Waals surface area (Å²) in [6, 6.07) is 7.80.